The Labute approximate surface area is 197 Å². The minimum atomic E-state index is -0.246. The summed E-state index contributed by atoms with van der Waals surface area (Å²) in [6.45, 7) is 8.78. The second-order valence-corrected chi connectivity index (χ2v) is 8.31. The fourth-order valence-corrected chi connectivity index (χ4v) is 3.32. The van der Waals surface area contributed by atoms with E-state index in [1.807, 2.05) is 39.0 Å². The van der Waals surface area contributed by atoms with Crippen LogP contribution in [0.4, 0.5) is 0 Å². The van der Waals surface area contributed by atoms with E-state index in [9.17, 15) is 4.79 Å². The van der Waals surface area contributed by atoms with Crippen LogP contribution >= 0.6 is 24.0 Å². The van der Waals surface area contributed by atoms with Gasteiger partial charge in [-0.1, -0.05) is 0 Å². The second kappa shape index (κ2) is 12.2. The summed E-state index contributed by atoms with van der Waals surface area (Å²) in [6, 6.07) is 6.23. The summed E-state index contributed by atoms with van der Waals surface area (Å²) in [7, 11) is 5.04. The molecule has 1 fully saturated rings. The van der Waals surface area contributed by atoms with Crippen molar-refractivity contribution in [3.05, 3.63) is 23.8 Å². The van der Waals surface area contributed by atoms with Crippen molar-refractivity contribution in [3.63, 3.8) is 0 Å². The van der Waals surface area contributed by atoms with E-state index in [0.29, 0.717) is 5.96 Å². The van der Waals surface area contributed by atoms with Crippen molar-refractivity contribution < 1.29 is 14.3 Å². The van der Waals surface area contributed by atoms with Crippen LogP contribution in [0.3, 0.4) is 0 Å². The number of carbonyl (C=O) groups is 1. The highest BCUT2D eigenvalue weighted by Gasteiger charge is 2.24. The summed E-state index contributed by atoms with van der Waals surface area (Å²) in [5.41, 5.74) is 0.910. The minimum Gasteiger partial charge on any atom is -0.497 e. The van der Waals surface area contributed by atoms with E-state index >= 15 is 0 Å². The molecule has 1 aromatic rings. The number of halogens is 1. The smallest absolute Gasteiger partial charge is 0.239 e. The van der Waals surface area contributed by atoms with Crippen molar-refractivity contribution in [2.75, 3.05) is 40.9 Å². The lowest BCUT2D eigenvalue weighted by atomic mass is 10.1. The normalized spacial score (nSPS) is 17.1. The third kappa shape index (κ3) is 8.95. The number of benzene rings is 1. The summed E-state index contributed by atoms with van der Waals surface area (Å²) < 4.78 is 10.7. The maximum atomic E-state index is 12.0. The number of carbonyl (C=O) groups excluding carboxylic acids is 1. The van der Waals surface area contributed by atoms with Gasteiger partial charge in [0.25, 0.3) is 0 Å². The quantitative estimate of drug-likeness (QED) is 0.283. The number of likely N-dealkylation sites (tertiary alicyclic amines) is 1. The van der Waals surface area contributed by atoms with Gasteiger partial charge in [0.1, 0.15) is 11.5 Å². The molecule has 0 saturated carbocycles. The van der Waals surface area contributed by atoms with Crippen LogP contribution in [0, 0.1) is 0 Å². The zero-order valence-electron chi connectivity index (χ0n) is 18.9. The number of methoxy groups -OCH3 is 2. The third-order valence-electron chi connectivity index (χ3n) is 4.59. The average molecular weight is 533 g/mol. The van der Waals surface area contributed by atoms with Gasteiger partial charge in [0.15, 0.2) is 5.96 Å². The molecule has 0 radical (unpaired) electrons. The minimum absolute atomic E-state index is 0. The largest absolute Gasteiger partial charge is 0.497 e. The number of hydrogen-bond donors (Lipinski definition) is 3. The molecule has 1 aliphatic rings. The van der Waals surface area contributed by atoms with Crippen molar-refractivity contribution in [2.45, 2.75) is 45.3 Å². The van der Waals surface area contributed by atoms with Gasteiger partial charge in [-0.15, -0.1) is 24.0 Å². The first kappa shape index (κ1) is 26.3. The Hall–Kier alpha value is -1.75. The van der Waals surface area contributed by atoms with Gasteiger partial charge in [-0.25, -0.2) is 0 Å². The third-order valence-corrected chi connectivity index (χ3v) is 4.59. The van der Waals surface area contributed by atoms with E-state index in [-0.39, 0.29) is 48.0 Å². The molecule has 1 aromatic carbocycles. The van der Waals surface area contributed by atoms with Gasteiger partial charge in [0.2, 0.25) is 5.91 Å². The zero-order valence-corrected chi connectivity index (χ0v) is 21.2. The summed E-state index contributed by atoms with van der Waals surface area (Å²) >= 11 is 0. The Morgan fingerprint density at radius 1 is 1.20 bits per heavy atom. The lowest BCUT2D eigenvalue weighted by Crippen LogP contribution is -2.50. The van der Waals surface area contributed by atoms with Crippen LogP contribution in [0.5, 0.6) is 11.5 Å². The summed E-state index contributed by atoms with van der Waals surface area (Å²) in [5, 5.41) is 9.43. The number of ether oxygens (including phenoxy) is 2. The van der Waals surface area contributed by atoms with Crippen molar-refractivity contribution in [2.24, 2.45) is 4.99 Å². The molecule has 3 N–H and O–H groups in total. The molecular weight excluding hydrogens is 497 g/mol. The topological polar surface area (TPSA) is 87.2 Å². The fraction of sp³-hybridized carbons (Fsp3) is 0.619. The van der Waals surface area contributed by atoms with Gasteiger partial charge in [-0.3, -0.25) is 14.7 Å². The van der Waals surface area contributed by atoms with Gasteiger partial charge in [-0.2, -0.15) is 0 Å². The van der Waals surface area contributed by atoms with Crippen LogP contribution in [-0.2, 0) is 11.3 Å². The average Bonchev–Trinajstić information content (AvgIpc) is 3.10. The van der Waals surface area contributed by atoms with Gasteiger partial charge >= 0.3 is 0 Å². The SMILES string of the molecule is CN=C(NCC(=O)NC(C)(C)C)NC1CCN(Cc2cc(OC)cc(OC)c2)C1.I. The lowest BCUT2D eigenvalue weighted by molar-refractivity contribution is -0.121. The molecule has 0 aliphatic carbocycles. The van der Waals surface area contributed by atoms with Gasteiger partial charge < -0.3 is 25.4 Å². The molecule has 1 unspecified atom stereocenters. The first-order valence-corrected chi connectivity index (χ1v) is 9.95. The van der Waals surface area contributed by atoms with E-state index in [2.05, 4.69) is 25.8 Å². The number of nitrogens with one attached hydrogen (secondary N) is 3. The summed E-state index contributed by atoms with van der Waals surface area (Å²) in [6.07, 6.45) is 1.01. The molecule has 2 rings (SSSR count). The number of aliphatic imine (C=N–C) groups is 1. The number of nitrogens with zero attached hydrogens (tertiary/aromatic N) is 2. The Morgan fingerprint density at radius 3 is 2.37 bits per heavy atom. The van der Waals surface area contributed by atoms with Gasteiger partial charge in [0.05, 0.1) is 20.8 Å². The first-order valence-electron chi connectivity index (χ1n) is 9.95. The zero-order chi connectivity index (χ0) is 21.4. The Kier molecular flexibility index (Phi) is 10.7. The van der Waals surface area contributed by atoms with Crippen molar-refractivity contribution in [3.8, 4) is 11.5 Å². The van der Waals surface area contributed by atoms with E-state index in [1.54, 1.807) is 21.3 Å². The lowest BCUT2D eigenvalue weighted by Gasteiger charge is -2.22. The molecular formula is C21H36IN5O3. The molecule has 30 heavy (non-hydrogen) atoms. The molecule has 1 heterocycles. The van der Waals surface area contributed by atoms with E-state index < -0.39 is 0 Å². The number of hydrogen-bond acceptors (Lipinski definition) is 5. The molecule has 9 heteroatoms. The molecule has 1 saturated heterocycles. The van der Waals surface area contributed by atoms with Gasteiger partial charge in [-0.05, 0) is 44.9 Å². The number of rotatable bonds is 7. The van der Waals surface area contributed by atoms with Crippen LogP contribution in [0.15, 0.2) is 23.2 Å². The Bertz CT molecular complexity index is 699. The maximum absolute atomic E-state index is 12.0. The molecule has 170 valence electrons. The van der Waals surface area contributed by atoms with E-state index in [4.69, 9.17) is 9.47 Å². The molecule has 1 aliphatic heterocycles. The van der Waals surface area contributed by atoms with Crippen LogP contribution in [0.25, 0.3) is 0 Å². The molecule has 8 nitrogen and oxygen atoms in total. The maximum Gasteiger partial charge on any atom is 0.239 e. The van der Waals surface area contributed by atoms with Crippen LogP contribution in [0.2, 0.25) is 0 Å². The van der Waals surface area contributed by atoms with Gasteiger partial charge in [0, 0.05) is 44.3 Å². The highest BCUT2D eigenvalue weighted by atomic mass is 127. The Morgan fingerprint density at radius 2 is 1.83 bits per heavy atom. The van der Waals surface area contributed by atoms with E-state index in [0.717, 1.165) is 43.1 Å². The highest BCUT2D eigenvalue weighted by molar-refractivity contribution is 14.0. The molecule has 0 aromatic heterocycles. The monoisotopic (exact) mass is 533 g/mol. The summed E-state index contributed by atoms with van der Waals surface area (Å²) in [5.74, 6) is 2.18. The Balaban J connectivity index is 0.00000450. The highest BCUT2D eigenvalue weighted by Crippen LogP contribution is 2.24. The van der Waals surface area contributed by atoms with Crippen LogP contribution in [0.1, 0.15) is 32.8 Å². The number of guanidine groups is 1. The predicted octanol–water partition coefficient (Wildman–Crippen LogP) is 1.98. The molecule has 1 amide bonds. The standard InChI is InChI=1S/C21H35N5O3.HI/c1-21(2,3)25-19(27)12-23-20(22-4)24-16-7-8-26(14-16)13-15-9-17(28-5)11-18(10-15)29-6;/h9-11,16H,7-8,12-14H2,1-6H3,(H,25,27)(H2,22,23,24);1H. The van der Waals surface area contributed by atoms with Crippen LogP contribution < -0.4 is 25.4 Å². The van der Waals surface area contributed by atoms with Crippen LogP contribution in [-0.4, -0.2) is 69.2 Å². The fourth-order valence-electron chi connectivity index (χ4n) is 3.32. The van der Waals surface area contributed by atoms with E-state index in [1.165, 1.54) is 0 Å². The molecule has 0 spiro atoms. The number of amides is 1. The summed E-state index contributed by atoms with van der Waals surface area (Å²) in [4.78, 5) is 18.6. The molecule has 1 atom stereocenters. The predicted molar refractivity (Wildman–Crippen MR) is 131 cm³/mol. The second-order valence-electron chi connectivity index (χ2n) is 8.31. The van der Waals surface area contributed by atoms with Crippen molar-refractivity contribution in [1.82, 2.24) is 20.9 Å². The molecule has 0 bridgehead atoms. The van der Waals surface area contributed by atoms with Crippen molar-refractivity contribution in [1.29, 1.82) is 0 Å². The first-order chi connectivity index (χ1) is 13.7. The van der Waals surface area contributed by atoms with Crippen molar-refractivity contribution >= 4 is 35.8 Å².